The van der Waals surface area contributed by atoms with E-state index in [1.807, 2.05) is 0 Å². The molecule has 1 heterocycles. The molecule has 0 spiro atoms. The van der Waals surface area contributed by atoms with Crippen molar-refractivity contribution in [2.45, 2.75) is 12.8 Å². The van der Waals surface area contributed by atoms with Gasteiger partial charge < -0.3 is 4.74 Å². The number of hydrogen-bond donors (Lipinski definition) is 0. The number of benzene rings is 1. The molecule has 0 fully saturated rings. The van der Waals surface area contributed by atoms with Gasteiger partial charge in [-0.3, -0.25) is 4.79 Å². The van der Waals surface area contributed by atoms with E-state index in [-0.39, 0.29) is 11.0 Å². The first-order valence-corrected chi connectivity index (χ1v) is 7.01. The van der Waals surface area contributed by atoms with E-state index in [1.54, 1.807) is 31.2 Å². The third kappa shape index (κ3) is 3.34. The first kappa shape index (κ1) is 16.2. The second kappa shape index (κ2) is 6.71. The molecule has 0 aliphatic carbocycles. The van der Waals surface area contributed by atoms with E-state index in [1.165, 1.54) is 19.2 Å². The van der Waals surface area contributed by atoms with Crippen molar-refractivity contribution in [3.8, 4) is 11.3 Å². The zero-order valence-electron chi connectivity index (χ0n) is 12.3. The number of nitrogens with zero attached hydrogens (tertiary/aromatic N) is 1. The molecule has 2 rings (SSSR count). The maximum atomic E-state index is 13.3. The minimum absolute atomic E-state index is 0.0193. The maximum absolute atomic E-state index is 13.3. The molecule has 1 atom stereocenters. The lowest BCUT2D eigenvalue weighted by atomic mass is 9.98. The summed E-state index contributed by atoms with van der Waals surface area (Å²) in [7, 11) is 1.34. The normalized spacial score (nSPS) is 11.8. The van der Waals surface area contributed by atoms with Crippen molar-refractivity contribution in [1.29, 1.82) is 0 Å². The molecule has 0 amide bonds. The summed E-state index contributed by atoms with van der Waals surface area (Å²) in [5, 5.41) is 0.0193. The number of halogens is 2. The van der Waals surface area contributed by atoms with Gasteiger partial charge in [-0.2, -0.15) is 0 Å². The molecule has 0 N–H and O–H groups in total. The van der Waals surface area contributed by atoms with Gasteiger partial charge in [-0.1, -0.05) is 18.2 Å². The topological polar surface area (TPSA) is 39.2 Å². The van der Waals surface area contributed by atoms with E-state index in [2.05, 4.69) is 11.6 Å². The third-order valence-electron chi connectivity index (χ3n) is 3.35. The zero-order valence-corrected chi connectivity index (χ0v) is 13.0. The number of carbonyl (C=O) groups excluding carboxylic acids is 1. The van der Waals surface area contributed by atoms with Crippen molar-refractivity contribution in [2.24, 2.45) is 0 Å². The molecule has 1 aromatic heterocycles. The standard InChI is InChI=1S/C17H15ClFNO2/c1-4-13-7-12(10(2)17(21)22-3)9-16(20-13)11-5-6-15(19)14(18)8-11/h4-10H,1H2,2-3H3. The van der Waals surface area contributed by atoms with E-state index < -0.39 is 11.7 Å². The number of ether oxygens (including phenoxy) is 1. The minimum atomic E-state index is -0.492. The highest BCUT2D eigenvalue weighted by Gasteiger charge is 2.17. The lowest BCUT2D eigenvalue weighted by molar-refractivity contribution is -0.141. The lowest BCUT2D eigenvalue weighted by Gasteiger charge is -2.12. The van der Waals surface area contributed by atoms with Gasteiger partial charge in [-0.15, -0.1) is 0 Å². The quantitative estimate of drug-likeness (QED) is 0.781. The smallest absolute Gasteiger partial charge is 0.312 e. The number of hydrogen-bond acceptors (Lipinski definition) is 3. The van der Waals surface area contributed by atoms with Gasteiger partial charge in [-0.05, 0) is 48.9 Å². The van der Waals surface area contributed by atoms with Crippen LogP contribution in [-0.2, 0) is 9.53 Å². The highest BCUT2D eigenvalue weighted by Crippen LogP contribution is 2.27. The number of methoxy groups -OCH3 is 1. The SMILES string of the molecule is C=Cc1cc(C(C)C(=O)OC)cc(-c2ccc(F)c(Cl)c2)n1. The van der Waals surface area contributed by atoms with Crippen LogP contribution in [-0.4, -0.2) is 18.1 Å². The monoisotopic (exact) mass is 319 g/mol. The van der Waals surface area contributed by atoms with E-state index in [4.69, 9.17) is 16.3 Å². The van der Waals surface area contributed by atoms with Gasteiger partial charge in [0.2, 0.25) is 0 Å². The van der Waals surface area contributed by atoms with Crippen molar-refractivity contribution < 1.29 is 13.9 Å². The summed E-state index contributed by atoms with van der Waals surface area (Å²) in [6.07, 6.45) is 1.59. The van der Waals surface area contributed by atoms with Gasteiger partial charge >= 0.3 is 5.97 Å². The molecule has 1 aromatic carbocycles. The van der Waals surface area contributed by atoms with Crippen LogP contribution in [0.25, 0.3) is 17.3 Å². The number of carbonyl (C=O) groups is 1. The van der Waals surface area contributed by atoms with Gasteiger partial charge in [0.1, 0.15) is 5.82 Å². The Morgan fingerprint density at radius 1 is 1.41 bits per heavy atom. The fourth-order valence-electron chi connectivity index (χ4n) is 2.04. The molecule has 3 nitrogen and oxygen atoms in total. The third-order valence-corrected chi connectivity index (χ3v) is 3.64. The summed E-state index contributed by atoms with van der Waals surface area (Å²) in [4.78, 5) is 16.1. The van der Waals surface area contributed by atoms with Gasteiger partial charge in [0, 0.05) is 5.56 Å². The van der Waals surface area contributed by atoms with Gasteiger partial charge in [0.15, 0.2) is 0 Å². The van der Waals surface area contributed by atoms with Crippen molar-refractivity contribution in [3.63, 3.8) is 0 Å². The largest absolute Gasteiger partial charge is 0.469 e. The van der Waals surface area contributed by atoms with Crippen molar-refractivity contribution in [3.05, 3.63) is 59.0 Å². The Hall–Kier alpha value is -2.20. The minimum Gasteiger partial charge on any atom is -0.469 e. The predicted octanol–water partition coefficient (Wildman–Crippen LogP) is 4.46. The second-order valence-electron chi connectivity index (χ2n) is 4.79. The maximum Gasteiger partial charge on any atom is 0.312 e. The van der Waals surface area contributed by atoms with Crippen LogP contribution in [0.1, 0.15) is 24.1 Å². The molecule has 2 aromatic rings. The number of esters is 1. The van der Waals surface area contributed by atoms with Crippen molar-refractivity contribution in [1.82, 2.24) is 4.98 Å². The van der Waals surface area contributed by atoms with Crippen LogP contribution in [0.4, 0.5) is 4.39 Å². The Kier molecular flexibility index (Phi) is 4.93. The van der Waals surface area contributed by atoms with E-state index in [0.29, 0.717) is 17.0 Å². The van der Waals surface area contributed by atoms with Crippen molar-refractivity contribution in [2.75, 3.05) is 7.11 Å². The number of pyridine rings is 1. The number of rotatable bonds is 4. The van der Waals surface area contributed by atoms with Gasteiger partial charge in [0.05, 0.1) is 29.4 Å². The Labute approximate surface area is 133 Å². The Morgan fingerprint density at radius 3 is 2.73 bits per heavy atom. The fraction of sp³-hybridized carbons (Fsp3) is 0.176. The van der Waals surface area contributed by atoms with E-state index >= 15 is 0 Å². The first-order chi connectivity index (χ1) is 10.5. The molecule has 5 heteroatoms. The highest BCUT2D eigenvalue weighted by atomic mass is 35.5. The second-order valence-corrected chi connectivity index (χ2v) is 5.20. The Morgan fingerprint density at radius 2 is 2.14 bits per heavy atom. The summed E-state index contributed by atoms with van der Waals surface area (Å²) < 4.78 is 18.1. The molecule has 114 valence electrons. The molecule has 1 unspecified atom stereocenters. The highest BCUT2D eigenvalue weighted by molar-refractivity contribution is 6.31. The summed E-state index contributed by atoms with van der Waals surface area (Å²) in [6, 6.07) is 7.90. The molecular formula is C17H15ClFNO2. The molecular weight excluding hydrogens is 305 g/mol. The molecule has 0 aliphatic heterocycles. The van der Waals surface area contributed by atoms with Crippen LogP contribution in [0.5, 0.6) is 0 Å². The molecule has 0 bridgehead atoms. The summed E-state index contributed by atoms with van der Waals surface area (Å²) >= 11 is 5.82. The summed E-state index contributed by atoms with van der Waals surface area (Å²) in [6.45, 7) is 5.44. The average Bonchev–Trinajstić information content (AvgIpc) is 2.55. The van der Waals surface area contributed by atoms with Crippen LogP contribution in [0.2, 0.25) is 5.02 Å². The van der Waals surface area contributed by atoms with E-state index in [0.717, 1.165) is 5.56 Å². The molecule has 0 radical (unpaired) electrons. The van der Waals surface area contributed by atoms with Crippen LogP contribution < -0.4 is 0 Å². The van der Waals surface area contributed by atoms with Crippen LogP contribution in [0.3, 0.4) is 0 Å². The first-order valence-electron chi connectivity index (χ1n) is 6.64. The molecule has 0 aliphatic rings. The zero-order chi connectivity index (χ0) is 16.3. The lowest BCUT2D eigenvalue weighted by Crippen LogP contribution is -2.11. The molecule has 22 heavy (non-hydrogen) atoms. The summed E-state index contributed by atoms with van der Waals surface area (Å²) in [5.41, 5.74) is 2.61. The van der Waals surface area contributed by atoms with Crippen LogP contribution in [0, 0.1) is 5.82 Å². The van der Waals surface area contributed by atoms with Gasteiger partial charge in [0.25, 0.3) is 0 Å². The summed E-state index contributed by atoms with van der Waals surface area (Å²) in [5.74, 6) is -1.28. The number of aromatic nitrogens is 1. The fourth-order valence-corrected chi connectivity index (χ4v) is 2.23. The predicted molar refractivity (Wildman–Crippen MR) is 85.2 cm³/mol. The van der Waals surface area contributed by atoms with Gasteiger partial charge in [-0.25, -0.2) is 9.37 Å². The van der Waals surface area contributed by atoms with Crippen LogP contribution >= 0.6 is 11.6 Å². The Bertz CT molecular complexity index is 731. The molecule has 0 saturated heterocycles. The van der Waals surface area contributed by atoms with Crippen LogP contribution in [0.15, 0.2) is 36.9 Å². The average molecular weight is 320 g/mol. The molecule has 0 saturated carbocycles. The van der Waals surface area contributed by atoms with E-state index in [9.17, 15) is 9.18 Å². The Balaban J connectivity index is 2.54. The van der Waals surface area contributed by atoms with Crippen molar-refractivity contribution >= 4 is 23.6 Å².